The molecule has 9 heteroatoms. The number of hydrogen-bond donors (Lipinski definition) is 1. The van der Waals surface area contributed by atoms with Crippen molar-refractivity contribution in [1.82, 2.24) is 4.90 Å². The van der Waals surface area contributed by atoms with Crippen LogP contribution < -0.4 is 10.0 Å². The highest BCUT2D eigenvalue weighted by molar-refractivity contribution is 7.89. The molecule has 1 aliphatic heterocycles. The normalized spacial score (nSPS) is 16.5. The predicted molar refractivity (Wildman–Crippen MR) is 96.7 cm³/mol. The van der Waals surface area contributed by atoms with E-state index >= 15 is 0 Å². The van der Waals surface area contributed by atoms with Crippen molar-refractivity contribution in [3.8, 4) is 0 Å². The van der Waals surface area contributed by atoms with Crippen LogP contribution in [0.1, 0.15) is 11.1 Å². The third kappa shape index (κ3) is 5.00. The Balaban J connectivity index is 1.56. The van der Waals surface area contributed by atoms with Crippen molar-refractivity contribution >= 4 is 15.7 Å². The van der Waals surface area contributed by atoms with Gasteiger partial charge in [0.2, 0.25) is 10.0 Å². The van der Waals surface area contributed by atoms with Crippen molar-refractivity contribution in [2.24, 2.45) is 5.14 Å². The van der Waals surface area contributed by atoms with E-state index in [1.807, 2.05) is 0 Å². The highest BCUT2D eigenvalue weighted by Crippen LogP contribution is 2.29. The predicted octanol–water partition coefficient (Wildman–Crippen LogP) is 2.68. The van der Waals surface area contributed by atoms with Crippen LogP contribution in [0.4, 0.5) is 18.9 Å². The van der Waals surface area contributed by atoms with E-state index in [0.29, 0.717) is 6.54 Å². The summed E-state index contributed by atoms with van der Waals surface area (Å²) in [7, 11) is -3.70. The molecule has 0 spiro atoms. The standard InChI is InChI=1S/C18H20F3N3O2S/c19-18(20,21)15-3-1-14(2-4-15)13-23-9-11-24(12-10-23)16-5-7-17(8-6-16)27(22,25)26/h1-8H,9-13H2,(H2,22,25,26). The topological polar surface area (TPSA) is 66.6 Å². The second-order valence-electron chi connectivity index (χ2n) is 6.50. The van der Waals surface area contributed by atoms with E-state index in [-0.39, 0.29) is 4.90 Å². The molecule has 27 heavy (non-hydrogen) atoms. The first-order valence-corrected chi connectivity index (χ1v) is 9.94. The number of rotatable bonds is 4. The molecule has 0 amide bonds. The summed E-state index contributed by atoms with van der Waals surface area (Å²) in [5.74, 6) is 0. The Morgan fingerprint density at radius 1 is 0.889 bits per heavy atom. The second-order valence-corrected chi connectivity index (χ2v) is 8.06. The molecule has 0 unspecified atom stereocenters. The van der Waals surface area contributed by atoms with Crippen LogP contribution in [0.15, 0.2) is 53.4 Å². The maximum absolute atomic E-state index is 12.6. The Morgan fingerprint density at radius 3 is 1.93 bits per heavy atom. The van der Waals surface area contributed by atoms with Gasteiger partial charge in [-0.3, -0.25) is 4.90 Å². The molecule has 0 atom stereocenters. The lowest BCUT2D eigenvalue weighted by Crippen LogP contribution is -2.45. The Kier molecular flexibility index (Phi) is 5.45. The average Bonchev–Trinajstić information content (AvgIpc) is 2.61. The molecule has 0 aromatic heterocycles. The van der Waals surface area contributed by atoms with Crippen LogP contribution in [-0.2, 0) is 22.7 Å². The van der Waals surface area contributed by atoms with Crippen LogP contribution in [-0.4, -0.2) is 39.5 Å². The molecule has 0 bridgehead atoms. The summed E-state index contributed by atoms with van der Waals surface area (Å²) in [6.07, 6.45) is -4.32. The van der Waals surface area contributed by atoms with Crippen molar-refractivity contribution in [3.63, 3.8) is 0 Å². The highest BCUT2D eigenvalue weighted by Gasteiger charge is 2.30. The Hall–Kier alpha value is -2.10. The van der Waals surface area contributed by atoms with Gasteiger partial charge >= 0.3 is 6.18 Å². The smallest absolute Gasteiger partial charge is 0.369 e. The average molecular weight is 399 g/mol. The molecule has 2 aromatic rings. The van der Waals surface area contributed by atoms with Gasteiger partial charge in [-0.1, -0.05) is 12.1 Å². The van der Waals surface area contributed by atoms with E-state index in [2.05, 4.69) is 9.80 Å². The van der Waals surface area contributed by atoms with Gasteiger partial charge in [0.15, 0.2) is 0 Å². The summed E-state index contributed by atoms with van der Waals surface area (Å²) in [5, 5.41) is 5.10. The third-order valence-corrected chi connectivity index (χ3v) is 5.52. The number of hydrogen-bond acceptors (Lipinski definition) is 4. The number of sulfonamides is 1. The van der Waals surface area contributed by atoms with Crippen molar-refractivity contribution in [2.45, 2.75) is 17.6 Å². The summed E-state index contributed by atoms with van der Waals surface area (Å²) < 4.78 is 60.5. The summed E-state index contributed by atoms with van der Waals surface area (Å²) in [6.45, 7) is 3.61. The fraction of sp³-hybridized carbons (Fsp3) is 0.333. The van der Waals surface area contributed by atoms with Gasteiger partial charge in [0.25, 0.3) is 0 Å². The van der Waals surface area contributed by atoms with Crippen LogP contribution in [0.5, 0.6) is 0 Å². The minimum Gasteiger partial charge on any atom is -0.369 e. The fourth-order valence-electron chi connectivity index (χ4n) is 3.07. The van der Waals surface area contributed by atoms with E-state index in [1.54, 1.807) is 12.1 Å². The molecule has 5 nitrogen and oxygen atoms in total. The second kappa shape index (κ2) is 7.49. The molecule has 2 aromatic carbocycles. The van der Waals surface area contributed by atoms with Gasteiger partial charge in [-0.05, 0) is 42.0 Å². The lowest BCUT2D eigenvalue weighted by molar-refractivity contribution is -0.137. The fourth-order valence-corrected chi connectivity index (χ4v) is 3.58. The van der Waals surface area contributed by atoms with Crippen molar-refractivity contribution in [1.29, 1.82) is 0 Å². The number of nitrogens with zero attached hydrogens (tertiary/aromatic N) is 2. The summed E-state index contributed by atoms with van der Waals surface area (Å²) in [5.41, 5.74) is 1.12. The number of halogens is 3. The first-order chi connectivity index (χ1) is 12.6. The SMILES string of the molecule is NS(=O)(=O)c1ccc(N2CCN(Cc3ccc(C(F)(F)F)cc3)CC2)cc1. The lowest BCUT2D eigenvalue weighted by atomic mass is 10.1. The van der Waals surface area contributed by atoms with Crippen molar-refractivity contribution in [3.05, 3.63) is 59.7 Å². The van der Waals surface area contributed by atoms with Crippen LogP contribution in [0.2, 0.25) is 0 Å². The van der Waals surface area contributed by atoms with E-state index in [4.69, 9.17) is 5.14 Å². The number of piperazine rings is 1. The molecule has 2 N–H and O–H groups in total. The molecule has 0 radical (unpaired) electrons. The summed E-state index contributed by atoms with van der Waals surface area (Å²) >= 11 is 0. The van der Waals surface area contributed by atoms with Crippen molar-refractivity contribution in [2.75, 3.05) is 31.1 Å². The van der Waals surface area contributed by atoms with E-state index in [0.717, 1.165) is 49.6 Å². The minimum atomic E-state index is -4.32. The van der Waals surface area contributed by atoms with Gasteiger partial charge in [-0.2, -0.15) is 13.2 Å². The number of primary sulfonamides is 1. The number of nitrogens with two attached hydrogens (primary N) is 1. The Morgan fingerprint density at radius 2 is 1.44 bits per heavy atom. The number of benzene rings is 2. The zero-order valence-corrected chi connectivity index (χ0v) is 15.3. The molecule has 1 saturated heterocycles. The zero-order chi connectivity index (χ0) is 19.7. The maximum Gasteiger partial charge on any atom is 0.416 e. The van der Waals surface area contributed by atoms with Crippen LogP contribution in [0.25, 0.3) is 0 Å². The highest BCUT2D eigenvalue weighted by atomic mass is 32.2. The van der Waals surface area contributed by atoms with Crippen LogP contribution in [0.3, 0.4) is 0 Å². The molecule has 1 fully saturated rings. The monoisotopic (exact) mass is 399 g/mol. The number of anilines is 1. The maximum atomic E-state index is 12.6. The molecule has 1 heterocycles. The molecule has 146 valence electrons. The first kappa shape index (κ1) is 19.7. The summed E-state index contributed by atoms with van der Waals surface area (Å²) in [4.78, 5) is 4.39. The minimum absolute atomic E-state index is 0.0761. The van der Waals surface area contributed by atoms with Gasteiger partial charge in [0, 0.05) is 38.4 Å². The summed E-state index contributed by atoms with van der Waals surface area (Å²) in [6, 6.07) is 11.7. The van der Waals surface area contributed by atoms with E-state index < -0.39 is 21.8 Å². The Bertz CT molecular complexity index is 874. The van der Waals surface area contributed by atoms with Crippen molar-refractivity contribution < 1.29 is 21.6 Å². The molecule has 0 saturated carbocycles. The lowest BCUT2D eigenvalue weighted by Gasteiger charge is -2.36. The molecule has 0 aliphatic carbocycles. The quantitative estimate of drug-likeness (QED) is 0.859. The number of alkyl halides is 3. The molecular formula is C18H20F3N3O2S. The van der Waals surface area contributed by atoms with Gasteiger partial charge < -0.3 is 4.90 Å². The molecule has 1 aliphatic rings. The van der Waals surface area contributed by atoms with Gasteiger partial charge in [-0.15, -0.1) is 0 Å². The van der Waals surface area contributed by atoms with E-state index in [9.17, 15) is 21.6 Å². The van der Waals surface area contributed by atoms with Gasteiger partial charge in [0.1, 0.15) is 0 Å². The Labute approximate surface area is 156 Å². The van der Waals surface area contributed by atoms with Gasteiger partial charge in [-0.25, -0.2) is 13.6 Å². The molecule has 3 rings (SSSR count). The van der Waals surface area contributed by atoms with Gasteiger partial charge in [0.05, 0.1) is 10.5 Å². The first-order valence-electron chi connectivity index (χ1n) is 8.39. The van der Waals surface area contributed by atoms with Crippen LogP contribution in [0, 0.1) is 0 Å². The van der Waals surface area contributed by atoms with E-state index in [1.165, 1.54) is 24.3 Å². The zero-order valence-electron chi connectivity index (χ0n) is 14.5. The largest absolute Gasteiger partial charge is 0.416 e. The third-order valence-electron chi connectivity index (χ3n) is 4.59. The van der Waals surface area contributed by atoms with Crippen LogP contribution >= 0.6 is 0 Å². The molecular weight excluding hydrogens is 379 g/mol.